The number of hydrogen-bond acceptors (Lipinski definition) is 2. The molecular formula is C15H21NO. The predicted molar refractivity (Wildman–Crippen MR) is 72.3 cm³/mol. The van der Waals surface area contributed by atoms with E-state index < -0.39 is 0 Å². The van der Waals surface area contributed by atoms with Gasteiger partial charge >= 0.3 is 0 Å². The zero-order valence-corrected chi connectivity index (χ0v) is 10.8. The molecule has 0 radical (unpaired) electrons. The Kier molecular flexibility index (Phi) is 4.21. The van der Waals surface area contributed by atoms with Crippen LogP contribution in [0.25, 0.3) is 5.57 Å². The van der Waals surface area contributed by atoms with Crippen molar-refractivity contribution in [1.29, 1.82) is 0 Å². The van der Waals surface area contributed by atoms with Gasteiger partial charge in [0.15, 0.2) is 0 Å². The van der Waals surface area contributed by atoms with Crippen LogP contribution in [0.15, 0.2) is 30.3 Å². The highest BCUT2D eigenvalue weighted by molar-refractivity contribution is 5.68. The number of methoxy groups -OCH3 is 1. The fraction of sp³-hybridized carbons (Fsp3) is 0.467. The topological polar surface area (TPSA) is 12.5 Å². The lowest BCUT2D eigenvalue weighted by molar-refractivity contribution is 0.305. The summed E-state index contributed by atoms with van der Waals surface area (Å²) in [5, 5.41) is 0. The highest BCUT2D eigenvalue weighted by Crippen LogP contribution is 2.22. The summed E-state index contributed by atoms with van der Waals surface area (Å²) in [5.74, 6) is 0.926. The molecule has 1 aromatic rings. The average Bonchev–Trinajstić information content (AvgIpc) is 2.40. The largest absolute Gasteiger partial charge is 0.497 e. The van der Waals surface area contributed by atoms with E-state index in [2.05, 4.69) is 30.0 Å². The van der Waals surface area contributed by atoms with E-state index in [4.69, 9.17) is 4.74 Å². The second-order valence-electron chi connectivity index (χ2n) is 4.52. The molecule has 1 aromatic carbocycles. The molecule has 0 amide bonds. The van der Waals surface area contributed by atoms with Crippen LogP contribution >= 0.6 is 0 Å². The van der Waals surface area contributed by atoms with Crippen LogP contribution < -0.4 is 4.74 Å². The van der Waals surface area contributed by atoms with Gasteiger partial charge in [0.05, 0.1) is 7.11 Å². The van der Waals surface area contributed by atoms with Gasteiger partial charge in [-0.25, -0.2) is 0 Å². The maximum atomic E-state index is 5.19. The fourth-order valence-electron chi connectivity index (χ4n) is 2.33. The molecule has 0 atom stereocenters. The molecule has 0 saturated heterocycles. The predicted octanol–water partition coefficient (Wildman–Crippen LogP) is 3.19. The molecular weight excluding hydrogens is 210 g/mol. The summed E-state index contributed by atoms with van der Waals surface area (Å²) in [7, 11) is 1.71. The van der Waals surface area contributed by atoms with E-state index >= 15 is 0 Å². The number of hydrogen-bond donors (Lipinski definition) is 0. The van der Waals surface area contributed by atoms with Gasteiger partial charge in [-0.2, -0.15) is 0 Å². The lowest BCUT2D eigenvalue weighted by Gasteiger charge is -2.27. The third kappa shape index (κ3) is 3.10. The monoisotopic (exact) mass is 231 g/mol. The van der Waals surface area contributed by atoms with E-state index in [0.29, 0.717) is 0 Å². The van der Waals surface area contributed by atoms with Crippen molar-refractivity contribution < 1.29 is 4.74 Å². The van der Waals surface area contributed by atoms with Crippen molar-refractivity contribution in [2.45, 2.75) is 19.8 Å². The molecule has 17 heavy (non-hydrogen) atoms. The summed E-state index contributed by atoms with van der Waals surface area (Å²) in [6, 6.07) is 8.38. The van der Waals surface area contributed by atoms with E-state index in [1.807, 2.05) is 12.1 Å². The molecule has 2 heteroatoms. The lowest BCUT2D eigenvalue weighted by Crippen LogP contribution is -2.30. The second kappa shape index (κ2) is 5.87. The molecule has 0 spiro atoms. The van der Waals surface area contributed by atoms with Gasteiger partial charge in [-0.1, -0.05) is 25.1 Å². The fourth-order valence-corrected chi connectivity index (χ4v) is 2.33. The Bertz CT molecular complexity index is 380. The van der Waals surface area contributed by atoms with Crippen molar-refractivity contribution in [3.63, 3.8) is 0 Å². The minimum atomic E-state index is 0.926. The zero-order chi connectivity index (χ0) is 12.1. The molecule has 2 nitrogen and oxygen atoms in total. The van der Waals surface area contributed by atoms with Crippen LogP contribution in [-0.2, 0) is 0 Å². The standard InChI is InChI=1S/C15H21NO/c1-3-10-16-11-4-5-14(12-16)13-6-8-15(17-2)9-7-13/h5-9H,3-4,10-12H2,1-2H3. The Balaban J connectivity index is 2.08. The molecule has 1 aliphatic rings. The summed E-state index contributed by atoms with van der Waals surface area (Å²) < 4.78 is 5.19. The Morgan fingerprint density at radius 3 is 2.65 bits per heavy atom. The van der Waals surface area contributed by atoms with Gasteiger partial charge in [-0.05, 0) is 42.7 Å². The summed E-state index contributed by atoms with van der Waals surface area (Å²) in [6.07, 6.45) is 4.77. The zero-order valence-electron chi connectivity index (χ0n) is 10.8. The van der Waals surface area contributed by atoms with E-state index in [9.17, 15) is 0 Å². The summed E-state index contributed by atoms with van der Waals surface area (Å²) in [6.45, 7) is 5.73. The van der Waals surface area contributed by atoms with Crippen LogP contribution in [0.3, 0.4) is 0 Å². The third-order valence-corrected chi connectivity index (χ3v) is 3.23. The molecule has 0 aliphatic carbocycles. The van der Waals surface area contributed by atoms with Gasteiger partial charge in [-0.15, -0.1) is 0 Å². The van der Waals surface area contributed by atoms with Crippen molar-refractivity contribution in [3.8, 4) is 5.75 Å². The minimum Gasteiger partial charge on any atom is -0.497 e. The summed E-state index contributed by atoms with van der Waals surface area (Å²) in [4.78, 5) is 2.53. The number of rotatable bonds is 4. The average molecular weight is 231 g/mol. The summed E-state index contributed by atoms with van der Waals surface area (Å²) in [5.41, 5.74) is 2.78. The molecule has 0 N–H and O–H groups in total. The van der Waals surface area contributed by atoms with Crippen LogP contribution in [0.4, 0.5) is 0 Å². The molecule has 1 heterocycles. The first-order valence-corrected chi connectivity index (χ1v) is 6.39. The van der Waals surface area contributed by atoms with Gasteiger partial charge in [0, 0.05) is 13.1 Å². The second-order valence-corrected chi connectivity index (χ2v) is 4.52. The highest BCUT2D eigenvalue weighted by Gasteiger charge is 2.12. The SMILES string of the molecule is CCCN1CCC=C(c2ccc(OC)cc2)C1. The molecule has 92 valence electrons. The van der Waals surface area contributed by atoms with Gasteiger partial charge in [0.25, 0.3) is 0 Å². The maximum absolute atomic E-state index is 5.19. The van der Waals surface area contributed by atoms with Gasteiger partial charge in [0.1, 0.15) is 5.75 Å². The van der Waals surface area contributed by atoms with Crippen LogP contribution in [0.1, 0.15) is 25.3 Å². The molecule has 1 aliphatic heterocycles. The van der Waals surface area contributed by atoms with Gasteiger partial charge < -0.3 is 4.74 Å². The van der Waals surface area contributed by atoms with E-state index in [1.165, 1.54) is 37.1 Å². The number of ether oxygens (including phenoxy) is 1. The van der Waals surface area contributed by atoms with Crippen molar-refractivity contribution in [3.05, 3.63) is 35.9 Å². The third-order valence-electron chi connectivity index (χ3n) is 3.23. The van der Waals surface area contributed by atoms with Crippen LogP contribution in [-0.4, -0.2) is 31.6 Å². The number of benzene rings is 1. The van der Waals surface area contributed by atoms with Crippen molar-refractivity contribution in [1.82, 2.24) is 4.90 Å². The maximum Gasteiger partial charge on any atom is 0.118 e. The Morgan fingerprint density at radius 1 is 1.24 bits per heavy atom. The van der Waals surface area contributed by atoms with Crippen LogP contribution in [0.2, 0.25) is 0 Å². The Morgan fingerprint density at radius 2 is 2.00 bits per heavy atom. The first-order chi connectivity index (χ1) is 8.33. The van der Waals surface area contributed by atoms with Crippen molar-refractivity contribution in [2.75, 3.05) is 26.7 Å². The molecule has 2 rings (SSSR count). The van der Waals surface area contributed by atoms with Crippen LogP contribution in [0, 0.1) is 0 Å². The number of nitrogens with zero attached hydrogens (tertiary/aromatic N) is 1. The van der Waals surface area contributed by atoms with Gasteiger partial charge in [0.2, 0.25) is 0 Å². The normalized spacial score (nSPS) is 16.7. The van der Waals surface area contributed by atoms with E-state index in [0.717, 1.165) is 12.3 Å². The van der Waals surface area contributed by atoms with Crippen molar-refractivity contribution >= 4 is 5.57 Å². The molecule has 0 bridgehead atoms. The highest BCUT2D eigenvalue weighted by atomic mass is 16.5. The molecule has 0 fully saturated rings. The first kappa shape index (κ1) is 12.2. The quantitative estimate of drug-likeness (QED) is 0.789. The Labute approximate surface area is 104 Å². The lowest BCUT2D eigenvalue weighted by atomic mass is 10.0. The Hall–Kier alpha value is -1.28. The molecule has 0 aromatic heterocycles. The minimum absolute atomic E-state index is 0.926. The first-order valence-electron chi connectivity index (χ1n) is 6.39. The van der Waals surface area contributed by atoms with Crippen molar-refractivity contribution in [2.24, 2.45) is 0 Å². The molecule has 0 unspecified atom stereocenters. The van der Waals surface area contributed by atoms with Gasteiger partial charge in [-0.3, -0.25) is 4.90 Å². The smallest absolute Gasteiger partial charge is 0.118 e. The van der Waals surface area contributed by atoms with E-state index in [-0.39, 0.29) is 0 Å². The van der Waals surface area contributed by atoms with Crippen LogP contribution in [0.5, 0.6) is 5.75 Å². The molecule has 0 saturated carbocycles. The van der Waals surface area contributed by atoms with E-state index in [1.54, 1.807) is 7.11 Å². The summed E-state index contributed by atoms with van der Waals surface area (Å²) >= 11 is 0.